The molecular formula is C22H22O4S. The van der Waals surface area contributed by atoms with E-state index >= 15 is 0 Å². The maximum absolute atomic E-state index is 12.3. The van der Waals surface area contributed by atoms with Crippen LogP contribution in [0.25, 0.3) is 11.1 Å². The summed E-state index contributed by atoms with van der Waals surface area (Å²) >= 11 is 0. The van der Waals surface area contributed by atoms with Crippen molar-refractivity contribution in [2.24, 2.45) is 0 Å². The first-order valence-electron chi connectivity index (χ1n) is 8.55. The van der Waals surface area contributed by atoms with Gasteiger partial charge in [0.05, 0.1) is 7.11 Å². The van der Waals surface area contributed by atoms with Crippen LogP contribution in [0.1, 0.15) is 23.6 Å². The van der Waals surface area contributed by atoms with Gasteiger partial charge in [-0.2, -0.15) is 8.42 Å². The highest BCUT2D eigenvalue weighted by Gasteiger charge is 2.41. The van der Waals surface area contributed by atoms with E-state index in [0.717, 1.165) is 22.4 Å². The van der Waals surface area contributed by atoms with Gasteiger partial charge >= 0.3 is 0 Å². The minimum absolute atomic E-state index is 0.506. The molecular weight excluding hydrogens is 360 g/mol. The third kappa shape index (κ3) is 3.61. The maximum Gasteiger partial charge on any atom is 0.278 e. The normalized spacial score (nSPS) is 13.8. The predicted molar refractivity (Wildman–Crippen MR) is 108 cm³/mol. The van der Waals surface area contributed by atoms with Crippen LogP contribution < -0.4 is 4.74 Å². The van der Waals surface area contributed by atoms with Crippen molar-refractivity contribution in [2.45, 2.75) is 18.6 Å². The van der Waals surface area contributed by atoms with E-state index in [2.05, 4.69) is 0 Å². The number of hydrogen-bond acceptors (Lipinski definition) is 3. The summed E-state index contributed by atoms with van der Waals surface area (Å²) in [5.41, 5.74) is 3.99. The number of hydrogen-bond donors (Lipinski definition) is 1. The molecule has 140 valence electrons. The van der Waals surface area contributed by atoms with E-state index in [1.165, 1.54) is 6.92 Å². The van der Waals surface area contributed by atoms with Crippen molar-refractivity contribution in [3.05, 3.63) is 89.5 Å². The average molecular weight is 382 g/mol. The van der Waals surface area contributed by atoms with E-state index in [1.807, 2.05) is 55.5 Å². The van der Waals surface area contributed by atoms with Crippen molar-refractivity contribution >= 4 is 10.1 Å². The van der Waals surface area contributed by atoms with Gasteiger partial charge in [-0.3, -0.25) is 4.55 Å². The first-order valence-corrected chi connectivity index (χ1v) is 9.99. The summed E-state index contributed by atoms with van der Waals surface area (Å²) in [6, 6.07) is 22.0. The van der Waals surface area contributed by atoms with Gasteiger partial charge in [-0.15, -0.1) is 0 Å². The van der Waals surface area contributed by atoms with Crippen molar-refractivity contribution in [3.63, 3.8) is 0 Å². The summed E-state index contributed by atoms with van der Waals surface area (Å²) in [5.74, 6) is 0.772. The van der Waals surface area contributed by atoms with Gasteiger partial charge in [-0.05, 0) is 48.2 Å². The van der Waals surface area contributed by atoms with E-state index in [1.54, 1.807) is 31.4 Å². The molecule has 3 rings (SSSR count). The molecule has 5 heteroatoms. The highest BCUT2D eigenvalue weighted by Crippen LogP contribution is 2.38. The van der Waals surface area contributed by atoms with E-state index in [0.29, 0.717) is 11.1 Å². The highest BCUT2D eigenvalue weighted by molar-refractivity contribution is 7.87. The van der Waals surface area contributed by atoms with E-state index in [9.17, 15) is 13.0 Å². The SMILES string of the molecule is COc1ccc(-c2ccc(C(C)(c3ccc(C)cc3)S(=O)(=O)O)cc2)cc1. The third-order valence-corrected chi connectivity index (χ3v) is 6.48. The quantitative estimate of drug-likeness (QED) is 0.643. The first kappa shape index (κ1) is 19.1. The molecule has 0 aliphatic rings. The molecule has 1 atom stereocenters. The molecule has 0 aliphatic heterocycles. The van der Waals surface area contributed by atoms with Crippen LogP contribution in [0.3, 0.4) is 0 Å². The Morgan fingerprint density at radius 1 is 0.778 bits per heavy atom. The Balaban J connectivity index is 2.05. The van der Waals surface area contributed by atoms with E-state index < -0.39 is 14.9 Å². The molecule has 0 saturated carbocycles. The molecule has 0 spiro atoms. The number of rotatable bonds is 5. The lowest BCUT2D eigenvalue weighted by Crippen LogP contribution is -2.33. The van der Waals surface area contributed by atoms with Crippen LogP contribution in [0.5, 0.6) is 5.75 Å². The van der Waals surface area contributed by atoms with Crippen LogP contribution in [0.15, 0.2) is 72.8 Å². The van der Waals surface area contributed by atoms with Gasteiger partial charge in [0.15, 0.2) is 0 Å². The Bertz CT molecular complexity index is 1020. The summed E-state index contributed by atoms with van der Waals surface area (Å²) in [7, 11) is -2.77. The van der Waals surface area contributed by atoms with Crippen LogP contribution >= 0.6 is 0 Å². The molecule has 1 N–H and O–H groups in total. The zero-order chi connectivity index (χ0) is 19.7. The third-order valence-electron chi connectivity index (χ3n) is 4.98. The minimum Gasteiger partial charge on any atom is -0.497 e. The molecule has 0 amide bonds. The van der Waals surface area contributed by atoms with Crippen molar-refractivity contribution in [1.82, 2.24) is 0 Å². The Hall–Kier alpha value is -2.63. The molecule has 27 heavy (non-hydrogen) atoms. The minimum atomic E-state index is -4.39. The smallest absolute Gasteiger partial charge is 0.278 e. The highest BCUT2D eigenvalue weighted by atomic mass is 32.2. The van der Waals surface area contributed by atoms with E-state index in [-0.39, 0.29) is 0 Å². The fraction of sp³-hybridized carbons (Fsp3) is 0.182. The lowest BCUT2D eigenvalue weighted by atomic mass is 9.90. The average Bonchev–Trinajstić information content (AvgIpc) is 2.67. The summed E-state index contributed by atoms with van der Waals surface area (Å²) in [6.07, 6.45) is 0. The van der Waals surface area contributed by atoms with Crippen LogP contribution in [-0.2, 0) is 14.9 Å². The maximum atomic E-state index is 12.3. The summed E-state index contributed by atoms with van der Waals surface area (Å²) in [4.78, 5) is 0. The molecule has 0 aliphatic carbocycles. The van der Waals surface area contributed by atoms with Gasteiger partial charge in [-0.25, -0.2) is 0 Å². The zero-order valence-electron chi connectivity index (χ0n) is 15.5. The fourth-order valence-corrected chi connectivity index (χ4v) is 3.97. The zero-order valence-corrected chi connectivity index (χ0v) is 16.3. The van der Waals surface area contributed by atoms with Crippen LogP contribution in [0, 0.1) is 6.92 Å². The topological polar surface area (TPSA) is 63.6 Å². The summed E-state index contributed by atoms with van der Waals surface area (Å²) in [6.45, 7) is 3.45. The molecule has 3 aromatic carbocycles. The molecule has 3 aromatic rings. The van der Waals surface area contributed by atoms with Crippen LogP contribution in [0.2, 0.25) is 0 Å². The Kier molecular flexibility index (Phi) is 5.09. The summed E-state index contributed by atoms with van der Waals surface area (Å²) in [5, 5.41) is 0. The predicted octanol–water partition coefficient (Wildman–Crippen LogP) is 4.82. The second-order valence-corrected chi connectivity index (χ2v) is 8.45. The second kappa shape index (κ2) is 7.18. The van der Waals surface area contributed by atoms with Gasteiger partial charge in [0.1, 0.15) is 10.5 Å². The van der Waals surface area contributed by atoms with Crippen LogP contribution in [-0.4, -0.2) is 20.1 Å². The first-order chi connectivity index (χ1) is 12.8. The molecule has 0 aromatic heterocycles. The van der Waals surface area contributed by atoms with Gasteiger partial charge in [0.25, 0.3) is 10.1 Å². The molecule has 0 fully saturated rings. The Labute approximate surface area is 160 Å². The second-order valence-electron chi connectivity index (χ2n) is 6.68. The number of benzene rings is 3. The lowest BCUT2D eigenvalue weighted by molar-refractivity contribution is 0.415. The lowest BCUT2D eigenvalue weighted by Gasteiger charge is -2.27. The largest absolute Gasteiger partial charge is 0.497 e. The molecule has 0 heterocycles. The molecule has 0 bridgehead atoms. The molecule has 0 radical (unpaired) electrons. The van der Waals surface area contributed by atoms with Crippen molar-refractivity contribution < 1.29 is 17.7 Å². The van der Waals surface area contributed by atoms with Crippen LogP contribution in [0.4, 0.5) is 0 Å². The molecule has 1 unspecified atom stereocenters. The number of methoxy groups -OCH3 is 1. The van der Waals surface area contributed by atoms with Crippen molar-refractivity contribution in [1.29, 1.82) is 0 Å². The van der Waals surface area contributed by atoms with Crippen molar-refractivity contribution in [2.75, 3.05) is 7.11 Å². The number of aryl methyl sites for hydroxylation is 1. The number of ether oxygens (including phenoxy) is 1. The Morgan fingerprint density at radius 3 is 1.59 bits per heavy atom. The van der Waals surface area contributed by atoms with Gasteiger partial charge < -0.3 is 4.74 Å². The standard InChI is InChI=1S/C22H22O4S/c1-16-4-10-19(11-5-16)22(2,27(23,24)25)20-12-6-17(7-13-20)18-8-14-21(26-3)15-9-18/h4-15H,1-3H3,(H,23,24,25). The van der Waals surface area contributed by atoms with E-state index in [4.69, 9.17) is 4.74 Å². The fourth-order valence-electron chi connectivity index (χ4n) is 3.10. The van der Waals surface area contributed by atoms with Gasteiger partial charge in [0.2, 0.25) is 0 Å². The van der Waals surface area contributed by atoms with Gasteiger partial charge in [-0.1, -0.05) is 66.2 Å². The molecule has 0 saturated heterocycles. The summed E-state index contributed by atoms with van der Waals surface area (Å²) < 4.78 is 38.3. The molecule has 4 nitrogen and oxygen atoms in total. The monoisotopic (exact) mass is 382 g/mol. The van der Waals surface area contributed by atoms with Gasteiger partial charge in [0, 0.05) is 0 Å². The van der Waals surface area contributed by atoms with Crippen molar-refractivity contribution in [3.8, 4) is 16.9 Å². The Morgan fingerprint density at radius 2 is 1.19 bits per heavy atom.